The van der Waals surface area contributed by atoms with Gasteiger partial charge in [0.1, 0.15) is 0 Å². The second kappa shape index (κ2) is 12.5. The molecule has 2 aliphatic rings. The van der Waals surface area contributed by atoms with Gasteiger partial charge in [0.15, 0.2) is 0 Å². The Labute approximate surface area is 216 Å². The number of hydrogen-bond acceptors (Lipinski definition) is 0. The molecular weight excluding hydrogens is 467 g/mol. The van der Waals surface area contributed by atoms with E-state index in [1.165, 1.54) is 39.8 Å². The molecule has 0 saturated heterocycles. The molecule has 3 atom stereocenters. The maximum atomic E-state index is 2.59. The monoisotopic (exact) mass is 494 g/mol. The van der Waals surface area contributed by atoms with E-state index in [2.05, 4.69) is 94.8 Å². The van der Waals surface area contributed by atoms with Crippen LogP contribution in [0.4, 0.5) is 0 Å². The summed E-state index contributed by atoms with van der Waals surface area (Å²) in [7, 11) is 0. The molecule has 0 spiro atoms. The number of benzene rings is 2. The average molecular weight is 496 g/mol. The predicted octanol–water partition coefficient (Wildman–Crippen LogP) is -2.36. The van der Waals surface area contributed by atoms with Crippen molar-refractivity contribution in [1.82, 2.24) is 0 Å². The molecule has 0 aromatic heterocycles. The van der Waals surface area contributed by atoms with Crippen molar-refractivity contribution in [1.29, 1.82) is 0 Å². The molecular formula is C26H29Cl3Ti. The first kappa shape index (κ1) is 29.5. The molecule has 4 heteroatoms. The normalized spacial score (nSPS) is 21.0. The van der Waals surface area contributed by atoms with Gasteiger partial charge in [0.2, 0.25) is 0 Å². The molecule has 0 aliphatic heterocycles. The van der Waals surface area contributed by atoms with Gasteiger partial charge in [0.25, 0.3) is 0 Å². The first-order valence-electron chi connectivity index (χ1n) is 9.86. The van der Waals surface area contributed by atoms with E-state index in [4.69, 9.17) is 0 Å². The van der Waals surface area contributed by atoms with E-state index in [1.54, 1.807) is 0 Å². The number of allylic oxidation sites excluding steroid dienone is 4. The molecule has 0 heterocycles. The molecule has 2 aliphatic carbocycles. The number of halogens is 3. The van der Waals surface area contributed by atoms with Crippen LogP contribution >= 0.6 is 0 Å². The third-order valence-corrected chi connectivity index (χ3v) is 6.01. The fourth-order valence-electron chi connectivity index (χ4n) is 5.17. The first-order chi connectivity index (χ1) is 12.5. The SMILES string of the molecule is Cc1cc(C)cc(C(c2cc(C)cc(C)c2)C2[CH-]CC3C=CC=CC32)c1.[Cl-].[Cl-].[Cl-].[Ti+4]. The second-order valence-electron chi connectivity index (χ2n) is 8.38. The molecule has 2 aromatic rings. The van der Waals surface area contributed by atoms with Gasteiger partial charge in [-0.15, -0.1) is 5.92 Å². The number of hydrogen-bond donors (Lipinski definition) is 0. The van der Waals surface area contributed by atoms with E-state index in [1.807, 2.05) is 0 Å². The Bertz CT molecular complexity index is 796. The molecule has 0 amide bonds. The van der Waals surface area contributed by atoms with Crippen molar-refractivity contribution in [2.75, 3.05) is 0 Å². The fourth-order valence-corrected chi connectivity index (χ4v) is 5.17. The topological polar surface area (TPSA) is 0 Å². The van der Waals surface area contributed by atoms with E-state index in [-0.39, 0.29) is 58.9 Å². The van der Waals surface area contributed by atoms with Gasteiger partial charge in [-0.3, -0.25) is 0 Å². The van der Waals surface area contributed by atoms with Crippen LogP contribution in [0.25, 0.3) is 0 Å². The van der Waals surface area contributed by atoms with Crippen LogP contribution in [0.15, 0.2) is 60.7 Å². The summed E-state index contributed by atoms with van der Waals surface area (Å²) in [4.78, 5) is 0. The van der Waals surface area contributed by atoms with Crippen molar-refractivity contribution in [2.45, 2.75) is 40.0 Å². The van der Waals surface area contributed by atoms with Crippen LogP contribution in [-0.2, 0) is 21.7 Å². The Morgan fingerprint density at radius 2 is 1.13 bits per heavy atom. The smallest absolute Gasteiger partial charge is 1.00 e. The summed E-state index contributed by atoms with van der Waals surface area (Å²) >= 11 is 0. The number of aryl methyl sites for hydroxylation is 4. The first-order valence-corrected chi connectivity index (χ1v) is 9.86. The van der Waals surface area contributed by atoms with E-state index in [0.29, 0.717) is 23.7 Å². The summed E-state index contributed by atoms with van der Waals surface area (Å²) in [6, 6.07) is 14.2. The van der Waals surface area contributed by atoms with Crippen LogP contribution in [0.1, 0.15) is 45.7 Å². The number of fused-ring (bicyclic) bond motifs is 1. The zero-order valence-corrected chi connectivity index (χ0v) is 21.8. The summed E-state index contributed by atoms with van der Waals surface area (Å²) in [5.41, 5.74) is 8.40. The minimum absolute atomic E-state index is 0. The van der Waals surface area contributed by atoms with E-state index >= 15 is 0 Å². The largest absolute Gasteiger partial charge is 4.00 e. The van der Waals surface area contributed by atoms with Gasteiger partial charge >= 0.3 is 21.7 Å². The molecule has 0 radical (unpaired) electrons. The van der Waals surface area contributed by atoms with Crippen molar-refractivity contribution in [3.05, 3.63) is 101 Å². The van der Waals surface area contributed by atoms with Gasteiger partial charge in [-0.05, 0) is 56.6 Å². The molecule has 4 rings (SSSR count). The minimum Gasteiger partial charge on any atom is -1.00 e. The minimum atomic E-state index is 0. The van der Waals surface area contributed by atoms with Crippen molar-refractivity contribution < 1.29 is 58.9 Å². The Hall–Kier alpha value is -0.496. The third kappa shape index (κ3) is 6.27. The van der Waals surface area contributed by atoms with Crippen molar-refractivity contribution in [2.24, 2.45) is 17.8 Å². The van der Waals surface area contributed by atoms with Gasteiger partial charge in [0.05, 0.1) is 0 Å². The summed E-state index contributed by atoms with van der Waals surface area (Å²) in [5.74, 6) is 2.28. The van der Waals surface area contributed by atoms with Crippen LogP contribution in [0.2, 0.25) is 0 Å². The summed E-state index contributed by atoms with van der Waals surface area (Å²) in [6.07, 6.45) is 13.1. The van der Waals surface area contributed by atoms with Crippen LogP contribution in [0.5, 0.6) is 0 Å². The second-order valence-corrected chi connectivity index (χ2v) is 8.38. The van der Waals surface area contributed by atoms with Gasteiger partial charge in [-0.1, -0.05) is 83.0 Å². The zero-order chi connectivity index (χ0) is 18.3. The molecule has 30 heavy (non-hydrogen) atoms. The average Bonchev–Trinajstić information content (AvgIpc) is 2.97. The van der Waals surface area contributed by atoms with Crippen LogP contribution in [-0.4, -0.2) is 0 Å². The van der Waals surface area contributed by atoms with E-state index in [9.17, 15) is 0 Å². The third-order valence-electron chi connectivity index (χ3n) is 6.01. The maximum Gasteiger partial charge on any atom is 4.00 e. The zero-order valence-electron chi connectivity index (χ0n) is 18.0. The molecule has 0 nitrogen and oxygen atoms in total. The predicted molar refractivity (Wildman–Crippen MR) is 111 cm³/mol. The van der Waals surface area contributed by atoms with Crippen molar-refractivity contribution >= 4 is 0 Å². The van der Waals surface area contributed by atoms with Crippen LogP contribution in [0, 0.1) is 51.9 Å². The van der Waals surface area contributed by atoms with Gasteiger partial charge in [-0.2, -0.15) is 6.42 Å². The maximum absolute atomic E-state index is 2.59. The van der Waals surface area contributed by atoms with Gasteiger partial charge < -0.3 is 43.6 Å². The fraction of sp³-hybridized carbons (Fsp3) is 0.346. The summed E-state index contributed by atoms with van der Waals surface area (Å²) < 4.78 is 0. The Morgan fingerprint density at radius 3 is 1.60 bits per heavy atom. The molecule has 1 fully saturated rings. The van der Waals surface area contributed by atoms with Gasteiger partial charge in [-0.25, -0.2) is 0 Å². The molecule has 0 bridgehead atoms. The van der Waals surface area contributed by atoms with Gasteiger partial charge in [0, 0.05) is 0 Å². The summed E-state index contributed by atoms with van der Waals surface area (Å²) in [6.45, 7) is 8.89. The molecule has 3 unspecified atom stereocenters. The molecule has 0 N–H and O–H groups in total. The Morgan fingerprint density at radius 1 is 0.700 bits per heavy atom. The van der Waals surface area contributed by atoms with E-state index in [0.717, 1.165) is 0 Å². The molecule has 2 aromatic carbocycles. The quantitative estimate of drug-likeness (QED) is 0.330. The summed E-state index contributed by atoms with van der Waals surface area (Å²) in [5, 5.41) is 0. The molecule has 1 saturated carbocycles. The standard InChI is InChI=1S/C26H29.3ClH.Ti/c1-17-11-18(2)14-22(13-17)26(23-15-19(3)12-20(4)16-23)25-10-9-21-7-5-6-8-24(21)25;;;;/h5-8,10-16,21,24-26H,9H2,1-4H3;3*1H;/q-1;;;;+4/p-3. The molecule has 158 valence electrons. The van der Waals surface area contributed by atoms with Crippen LogP contribution < -0.4 is 37.2 Å². The number of rotatable bonds is 3. The van der Waals surface area contributed by atoms with E-state index < -0.39 is 0 Å². The Balaban J connectivity index is 0.00000210. The van der Waals surface area contributed by atoms with Crippen LogP contribution in [0.3, 0.4) is 0 Å². The Kier molecular flexibility index (Phi) is 12.3. The van der Waals surface area contributed by atoms with Crippen molar-refractivity contribution in [3.63, 3.8) is 0 Å². The van der Waals surface area contributed by atoms with Crippen molar-refractivity contribution in [3.8, 4) is 0 Å².